The molecule has 12 heteroatoms. The van der Waals surface area contributed by atoms with Crippen molar-refractivity contribution >= 4 is 5.78 Å². The van der Waals surface area contributed by atoms with E-state index in [4.69, 9.17) is 4.74 Å². The Bertz CT molecular complexity index is 1110. The van der Waals surface area contributed by atoms with E-state index in [0.29, 0.717) is 0 Å². The second-order valence-electron chi connectivity index (χ2n) is 6.22. The third kappa shape index (κ3) is 4.36. The van der Waals surface area contributed by atoms with Crippen LogP contribution in [0.3, 0.4) is 0 Å². The third-order valence-electron chi connectivity index (χ3n) is 4.33. The second-order valence-corrected chi connectivity index (χ2v) is 6.22. The topological polar surface area (TPSA) is 102 Å². The van der Waals surface area contributed by atoms with Crippen LogP contribution >= 0.6 is 0 Å². The number of aromatic nitrogens is 1. The summed E-state index contributed by atoms with van der Waals surface area (Å²) in [5.41, 5.74) is -2.17. The molecule has 166 valence electrons. The van der Waals surface area contributed by atoms with Gasteiger partial charge in [0.2, 0.25) is 40.7 Å². The lowest BCUT2D eigenvalue weighted by Gasteiger charge is -2.16. The van der Waals surface area contributed by atoms with Gasteiger partial charge in [0, 0.05) is 20.3 Å². The first-order valence-electron chi connectivity index (χ1n) is 8.61. The fourth-order valence-electron chi connectivity index (χ4n) is 2.78. The minimum absolute atomic E-state index is 0.133. The van der Waals surface area contributed by atoms with Crippen molar-refractivity contribution in [3.05, 3.63) is 56.1 Å². The minimum atomic E-state index is -2.40. The molecule has 0 bridgehead atoms. The molecule has 0 aliphatic heterocycles. The van der Waals surface area contributed by atoms with E-state index in [1.807, 2.05) is 0 Å². The van der Waals surface area contributed by atoms with Crippen molar-refractivity contribution in [1.29, 1.82) is 5.26 Å². The van der Waals surface area contributed by atoms with E-state index in [1.54, 1.807) is 6.07 Å². The summed E-state index contributed by atoms with van der Waals surface area (Å²) < 4.78 is 77.1. The Morgan fingerprint density at radius 1 is 1.10 bits per heavy atom. The molecule has 31 heavy (non-hydrogen) atoms. The molecular formula is C19H15F5N2O5. The van der Waals surface area contributed by atoms with Gasteiger partial charge in [0.05, 0.1) is 5.56 Å². The van der Waals surface area contributed by atoms with E-state index in [9.17, 15) is 41.9 Å². The molecule has 0 radical (unpaired) electrons. The van der Waals surface area contributed by atoms with Gasteiger partial charge in [-0.2, -0.15) is 14.0 Å². The van der Waals surface area contributed by atoms with E-state index in [1.165, 1.54) is 14.0 Å². The standard InChI is InChI=1S/C19H15F5N2O5/c1-8-9(6-25)18(28)26(4-3-5-30-2)19(29)11(8)10(27)7-31-17-15(23)13(21)12(20)14(22)16(17)24/h29H,3-5,7H2,1-2H3. The molecular weight excluding hydrogens is 431 g/mol. The molecule has 0 fully saturated rings. The molecule has 0 spiro atoms. The summed E-state index contributed by atoms with van der Waals surface area (Å²) in [6.07, 6.45) is 0.229. The van der Waals surface area contributed by atoms with E-state index >= 15 is 0 Å². The summed E-state index contributed by atoms with van der Waals surface area (Å²) in [6.45, 7) is -0.0286. The predicted octanol–water partition coefficient (Wildman–Crippen LogP) is 2.73. The van der Waals surface area contributed by atoms with Crippen LogP contribution in [0, 0.1) is 47.3 Å². The Hall–Kier alpha value is -3.46. The second kappa shape index (κ2) is 9.57. The number of halogens is 5. The number of ketones is 1. The highest BCUT2D eigenvalue weighted by atomic mass is 19.2. The van der Waals surface area contributed by atoms with Crippen molar-refractivity contribution in [2.45, 2.75) is 19.9 Å². The quantitative estimate of drug-likeness (QED) is 0.220. The average molecular weight is 446 g/mol. The molecule has 0 aliphatic rings. The van der Waals surface area contributed by atoms with Gasteiger partial charge in [-0.25, -0.2) is 13.2 Å². The van der Waals surface area contributed by atoms with Gasteiger partial charge in [-0.05, 0) is 18.9 Å². The Balaban J connectivity index is 2.46. The van der Waals surface area contributed by atoms with Crippen molar-refractivity contribution in [3.63, 3.8) is 0 Å². The number of hydrogen-bond acceptors (Lipinski definition) is 6. The number of aromatic hydroxyl groups is 1. The van der Waals surface area contributed by atoms with Crippen LogP contribution in [0.15, 0.2) is 4.79 Å². The number of carbonyl (C=O) groups excluding carboxylic acids is 1. The van der Waals surface area contributed by atoms with Crippen LogP contribution in [0.1, 0.15) is 27.9 Å². The third-order valence-corrected chi connectivity index (χ3v) is 4.33. The normalized spacial score (nSPS) is 10.8. The Labute approximate surface area is 171 Å². The predicted molar refractivity (Wildman–Crippen MR) is 94.4 cm³/mol. The minimum Gasteiger partial charge on any atom is -0.494 e. The number of Topliss-reactive ketones (excluding diaryl/α,β-unsaturated/α-hetero) is 1. The molecule has 0 amide bonds. The zero-order valence-electron chi connectivity index (χ0n) is 16.2. The molecule has 1 N–H and O–H groups in total. The van der Waals surface area contributed by atoms with E-state index in [2.05, 4.69) is 4.74 Å². The number of carbonyl (C=O) groups is 1. The molecule has 0 aliphatic carbocycles. The summed E-state index contributed by atoms with van der Waals surface area (Å²) in [7, 11) is 1.39. The van der Waals surface area contributed by atoms with Crippen LogP contribution < -0.4 is 10.3 Å². The zero-order chi connectivity index (χ0) is 23.5. The highest BCUT2D eigenvalue weighted by Crippen LogP contribution is 2.30. The van der Waals surface area contributed by atoms with Crippen molar-refractivity contribution in [3.8, 4) is 17.7 Å². The van der Waals surface area contributed by atoms with Crippen LogP contribution in [0.4, 0.5) is 22.0 Å². The van der Waals surface area contributed by atoms with Gasteiger partial charge in [0.1, 0.15) is 11.6 Å². The van der Waals surface area contributed by atoms with Gasteiger partial charge in [-0.3, -0.25) is 14.2 Å². The van der Waals surface area contributed by atoms with Gasteiger partial charge < -0.3 is 14.6 Å². The molecule has 1 heterocycles. The molecule has 2 rings (SSSR count). The maximum atomic E-state index is 13.7. The van der Waals surface area contributed by atoms with E-state index in [-0.39, 0.29) is 25.1 Å². The first kappa shape index (κ1) is 23.8. The van der Waals surface area contributed by atoms with Gasteiger partial charge in [-0.1, -0.05) is 0 Å². The molecule has 1 aromatic heterocycles. The Morgan fingerprint density at radius 2 is 1.65 bits per heavy atom. The monoisotopic (exact) mass is 446 g/mol. The van der Waals surface area contributed by atoms with Crippen LogP contribution in [-0.2, 0) is 11.3 Å². The summed E-state index contributed by atoms with van der Waals surface area (Å²) in [5.74, 6) is -15.2. The van der Waals surface area contributed by atoms with Crippen molar-refractivity contribution in [2.75, 3.05) is 20.3 Å². The maximum Gasteiger partial charge on any atom is 0.271 e. The number of hydrogen-bond donors (Lipinski definition) is 1. The lowest BCUT2D eigenvalue weighted by molar-refractivity contribution is 0.0907. The maximum absolute atomic E-state index is 13.7. The van der Waals surface area contributed by atoms with Crippen molar-refractivity contribution in [1.82, 2.24) is 4.57 Å². The summed E-state index contributed by atoms with van der Waals surface area (Å²) in [6, 6.07) is 1.60. The lowest BCUT2D eigenvalue weighted by Crippen LogP contribution is -2.28. The first-order chi connectivity index (χ1) is 14.6. The van der Waals surface area contributed by atoms with Crippen molar-refractivity contribution in [2.24, 2.45) is 0 Å². The van der Waals surface area contributed by atoms with Gasteiger partial charge >= 0.3 is 0 Å². The number of nitriles is 1. The smallest absolute Gasteiger partial charge is 0.271 e. The first-order valence-corrected chi connectivity index (χ1v) is 8.61. The van der Waals surface area contributed by atoms with Crippen molar-refractivity contribution < 1.29 is 41.3 Å². The largest absolute Gasteiger partial charge is 0.494 e. The molecule has 0 unspecified atom stereocenters. The zero-order valence-corrected chi connectivity index (χ0v) is 16.2. The molecule has 2 aromatic rings. The average Bonchev–Trinajstić information content (AvgIpc) is 2.73. The lowest BCUT2D eigenvalue weighted by atomic mass is 10.0. The summed E-state index contributed by atoms with van der Waals surface area (Å²) in [5, 5.41) is 19.6. The molecule has 1 aromatic carbocycles. The number of benzene rings is 1. The highest BCUT2D eigenvalue weighted by Gasteiger charge is 2.29. The van der Waals surface area contributed by atoms with Gasteiger partial charge in [0.25, 0.3) is 5.56 Å². The van der Waals surface area contributed by atoms with Crippen LogP contribution in [0.5, 0.6) is 11.6 Å². The molecule has 0 saturated heterocycles. The molecule has 0 atom stereocenters. The summed E-state index contributed by atoms with van der Waals surface area (Å²) >= 11 is 0. The van der Waals surface area contributed by atoms with Crippen LogP contribution in [-0.4, -0.2) is 35.8 Å². The van der Waals surface area contributed by atoms with E-state index in [0.717, 1.165) is 4.57 Å². The number of pyridine rings is 1. The molecule has 0 saturated carbocycles. The van der Waals surface area contributed by atoms with Crippen LogP contribution in [0.25, 0.3) is 0 Å². The van der Waals surface area contributed by atoms with E-state index < -0.39 is 69.8 Å². The number of methoxy groups -OCH3 is 1. The number of rotatable bonds is 8. The summed E-state index contributed by atoms with van der Waals surface area (Å²) in [4.78, 5) is 24.9. The SMILES string of the molecule is COCCCn1c(O)c(C(=O)COc2c(F)c(F)c(F)c(F)c2F)c(C)c(C#N)c1=O. The fraction of sp³-hybridized carbons (Fsp3) is 0.316. The molecule has 7 nitrogen and oxygen atoms in total. The number of ether oxygens (including phenoxy) is 2. The Morgan fingerprint density at radius 3 is 2.16 bits per heavy atom. The van der Waals surface area contributed by atoms with Gasteiger partial charge in [0.15, 0.2) is 12.4 Å². The Kier molecular flexibility index (Phi) is 7.35. The fourth-order valence-corrected chi connectivity index (χ4v) is 2.78. The highest BCUT2D eigenvalue weighted by molar-refractivity contribution is 6.01. The van der Waals surface area contributed by atoms with Crippen LogP contribution in [0.2, 0.25) is 0 Å². The number of nitrogens with zero attached hydrogens (tertiary/aromatic N) is 2. The van der Waals surface area contributed by atoms with Gasteiger partial charge in [-0.15, -0.1) is 0 Å².